The van der Waals surface area contributed by atoms with Crippen LogP contribution in [-0.2, 0) is 15.3 Å². The number of hydrogen-bond acceptors (Lipinski definition) is 4. The Morgan fingerprint density at radius 1 is 1.58 bits per heavy atom. The summed E-state index contributed by atoms with van der Waals surface area (Å²) < 4.78 is 48.3. The van der Waals surface area contributed by atoms with E-state index < -0.39 is 24.7 Å². The van der Waals surface area contributed by atoms with Gasteiger partial charge in [0.1, 0.15) is 5.15 Å². The van der Waals surface area contributed by atoms with Crippen molar-refractivity contribution in [3.05, 3.63) is 23.0 Å². The molecule has 0 bridgehead atoms. The Labute approximate surface area is 112 Å². The second-order valence-electron chi connectivity index (χ2n) is 4.16. The zero-order valence-corrected chi connectivity index (χ0v) is 10.8. The van der Waals surface area contributed by atoms with Crippen molar-refractivity contribution in [3.8, 4) is 0 Å². The van der Waals surface area contributed by atoms with Crippen LogP contribution in [0.2, 0.25) is 5.15 Å². The molecule has 1 aliphatic rings. The molecule has 8 heteroatoms. The van der Waals surface area contributed by atoms with E-state index >= 15 is 0 Å². The summed E-state index contributed by atoms with van der Waals surface area (Å²) in [6, 6.07) is 1.36. The number of nitrogens with two attached hydrogens (primary N) is 1. The van der Waals surface area contributed by atoms with Gasteiger partial charge in [-0.15, -0.1) is 0 Å². The van der Waals surface area contributed by atoms with E-state index in [-0.39, 0.29) is 22.8 Å². The van der Waals surface area contributed by atoms with Crippen LogP contribution in [0.5, 0.6) is 0 Å². The molecule has 2 rings (SSSR count). The molecule has 1 saturated heterocycles. The van der Waals surface area contributed by atoms with Gasteiger partial charge in [-0.05, 0) is 6.07 Å². The number of nitrogen functional groups attached to an aromatic ring is 1. The van der Waals surface area contributed by atoms with E-state index in [1.54, 1.807) is 6.92 Å². The fraction of sp³-hybridized carbons (Fsp3) is 0.545. The Hall–Kier alpha value is -1.05. The molecule has 1 aromatic rings. The first-order valence-corrected chi connectivity index (χ1v) is 5.96. The molecule has 4 nitrogen and oxygen atoms in total. The van der Waals surface area contributed by atoms with Gasteiger partial charge >= 0.3 is 6.18 Å². The van der Waals surface area contributed by atoms with E-state index in [9.17, 15) is 13.2 Å². The van der Waals surface area contributed by atoms with E-state index in [4.69, 9.17) is 26.8 Å². The summed E-state index contributed by atoms with van der Waals surface area (Å²) in [5, 5.41) is 0.111. The summed E-state index contributed by atoms with van der Waals surface area (Å²) in [6.07, 6.45) is -5.02. The quantitative estimate of drug-likeness (QED) is 0.853. The molecule has 0 aromatic carbocycles. The number of alkyl halides is 3. The molecule has 106 valence electrons. The highest BCUT2D eigenvalue weighted by atomic mass is 35.5. The normalized spacial score (nSPS) is 27.7. The van der Waals surface area contributed by atoms with Gasteiger partial charge in [0.05, 0.1) is 18.5 Å². The van der Waals surface area contributed by atoms with Gasteiger partial charge in [0, 0.05) is 12.0 Å². The standard InChI is InChI=1S/C11H12ClF3N2O2/c1-2-10(6-3-9(12)17-4-7(6)16)18-5-8(19-10)11(13,14)15/h3-4,8H,2,5,16H2,1H3. The van der Waals surface area contributed by atoms with Crippen LogP contribution in [0.3, 0.4) is 0 Å². The molecule has 2 atom stereocenters. The molecule has 0 radical (unpaired) electrons. The minimum Gasteiger partial charge on any atom is -0.397 e. The molecule has 1 aromatic heterocycles. The van der Waals surface area contributed by atoms with Crippen LogP contribution in [0, 0.1) is 0 Å². The van der Waals surface area contributed by atoms with Crippen LogP contribution in [0.4, 0.5) is 18.9 Å². The van der Waals surface area contributed by atoms with Gasteiger partial charge in [-0.1, -0.05) is 18.5 Å². The molecule has 1 aliphatic heterocycles. The van der Waals surface area contributed by atoms with E-state index in [0.29, 0.717) is 0 Å². The van der Waals surface area contributed by atoms with Crippen LogP contribution in [-0.4, -0.2) is 23.9 Å². The number of rotatable bonds is 2. The van der Waals surface area contributed by atoms with E-state index in [2.05, 4.69) is 4.98 Å². The lowest BCUT2D eigenvalue weighted by Gasteiger charge is -2.28. The molecule has 2 N–H and O–H groups in total. The number of aromatic nitrogens is 1. The van der Waals surface area contributed by atoms with Crippen LogP contribution in [0.15, 0.2) is 12.3 Å². The van der Waals surface area contributed by atoms with Crippen molar-refractivity contribution in [2.45, 2.75) is 31.4 Å². The first-order valence-electron chi connectivity index (χ1n) is 5.58. The third-order valence-corrected chi connectivity index (χ3v) is 3.15. The van der Waals surface area contributed by atoms with Gasteiger partial charge in [-0.2, -0.15) is 13.2 Å². The van der Waals surface area contributed by atoms with E-state index in [1.165, 1.54) is 12.3 Å². The zero-order chi connectivity index (χ0) is 14.3. The summed E-state index contributed by atoms with van der Waals surface area (Å²) in [6.45, 7) is 1.07. The molecule has 0 amide bonds. The SMILES string of the molecule is CCC1(c2cc(Cl)ncc2N)OCC(C(F)(F)F)O1. The fourth-order valence-electron chi connectivity index (χ4n) is 1.96. The maximum absolute atomic E-state index is 12.7. The monoisotopic (exact) mass is 296 g/mol. The van der Waals surface area contributed by atoms with Gasteiger partial charge in [-0.3, -0.25) is 0 Å². The summed E-state index contributed by atoms with van der Waals surface area (Å²) in [5.74, 6) is -1.53. The molecule has 2 heterocycles. The number of nitrogens with zero attached hydrogens (tertiary/aromatic N) is 1. The van der Waals surface area contributed by atoms with Gasteiger partial charge in [-0.25, -0.2) is 4.98 Å². The molecule has 1 fully saturated rings. The molecule has 2 unspecified atom stereocenters. The number of halogens is 4. The Kier molecular flexibility index (Phi) is 3.63. The van der Waals surface area contributed by atoms with Gasteiger partial charge in [0.2, 0.25) is 0 Å². The Morgan fingerprint density at radius 3 is 2.79 bits per heavy atom. The summed E-state index contributed by atoms with van der Waals surface area (Å²) in [5.41, 5.74) is 6.16. The lowest BCUT2D eigenvalue weighted by atomic mass is 10.0. The van der Waals surface area contributed by atoms with Crippen LogP contribution >= 0.6 is 11.6 Å². The van der Waals surface area contributed by atoms with Crippen molar-refractivity contribution in [1.29, 1.82) is 0 Å². The summed E-state index contributed by atoms with van der Waals surface area (Å²) in [4.78, 5) is 3.75. The number of pyridine rings is 1. The Bertz CT molecular complexity index is 483. The third-order valence-electron chi connectivity index (χ3n) is 2.94. The second kappa shape index (κ2) is 4.81. The van der Waals surface area contributed by atoms with Crippen molar-refractivity contribution in [3.63, 3.8) is 0 Å². The van der Waals surface area contributed by atoms with Crippen molar-refractivity contribution in [2.75, 3.05) is 12.3 Å². The maximum Gasteiger partial charge on any atom is 0.417 e. The largest absolute Gasteiger partial charge is 0.417 e. The molecule has 0 aliphatic carbocycles. The first-order chi connectivity index (χ1) is 8.78. The highest BCUT2D eigenvalue weighted by Gasteiger charge is 2.53. The summed E-state index contributed by atoms with van der Waals surface area (Å²) in [7, 11) is 0. The molecule has 0 spiro atoms. The van der Waals surface area contributed by atoms with Gasteiger partial charge in [0.15, 0.2) is 11.9 Å². The maximum atomic E-state index is 12.7. The van der Waals surface area contributed by atoms with Gasteiger partial charge in [0.25, 0.3) is 0 Å². The van der Waals surface area contributed by atoms with Gasteiger partial charge < -0.3 is 15.2 Å². The fourth-order valence-corrected chi connectivity index (χ4v) is 2.11. The van der Waals surface area contributed by atoms with Crippen molar-refractivity contribution in [2.24, 2.45) is 0 Å². The van der Waals surface area contributed by atoms with Crippen molar-refractivity contribution < 1.29 is 22.6 Å². The predicted octanol–water partition coefficient (Wildman–Crippen LogP) is 2.86. The second-order valence-corrected chi connectivity index (χ2v) is 4.55. The third kappa shape index (κ3) is 2.63. The average Bonchev–Trinajstić information content (AvgIpc) is 2.77. The molecule has 19 heavy (non-hydrogen) atoms. The van der Waals surface area contributed by atoms with E-state index in [1.807, 2.05) is 0 Å². The lowest BCUT2D eigenvalue weighted by molar-refractivity contribution is -0.247. The average molecular weight is 297 g/mol. The highest BCUT2D eigenvalue weighted by molar-refractivity contribution is 6.29. The van der Waals surface area contributed by atoms with Crippen LogP contribution in [0.1, 0.15) is 18.9 Å². The highest BCUT2D eigenvalue weighted by Crippen LogP contribution is 2.44. The summed E-state index contributed by atoms with van der Waals surface area (Å²) >= 11 is 5.74. The smallest absolute Gasteiger partial charge is 0.397 e. The Morgan fingerprint density at radius 2 is 2.26 bits per heavy atom. The molecular formula is C11H12ClF3N2O2. The topological polar surface area (TPSA) is 57.4 Å². The minimum atomic E-state index is -4.48. The van der Waals surface area contributed by atoms with Crippen LogP contribution < -0.4 is 5.73 Å². The van der Waals surface area contributed by atoms with Crippen molar-refractivity contribution in [1.82, 2.24) is 4.98 Å². The molecular weight excluding hydrogens is 285 g/mol. The molecule has 0 saturated carbocycles. The van der Waals surface area contributed by atoms with E-state index in [0.717, 1.165) is 0 Å². The van der Waals surface area contributed by atoms with Crippen LogP contribution in [0.25, 0.3) is 0 Å². The zero-order valence-electron chi connectivity index (χ0n) is 10.00. The predicted molar refractivity (Wildman–Crippen MR) is 62.5 cm³/mol. The first kappa shape index (κ1) is 14.4. The number of hydrogen-bond donors (Lipinski definition) is 1. The number of ether oxygens (including phenoxy) is 2. The van der Waals surface area contributed by atoms with Crippen molar-refractivity contribution >= 4 is 17.3 Å². The Balaban J connectivity index is 2.37. The minimum absolute atomic E-state index is 0.111. The lowest BCUT2D eigenvalue weighted by Crippen LogP contribution is -2.34. The number of anilines is 1.